The van der Waals surface area contributed by atoms with Crippen LogP contribution < -0.4 is 10.6 Å². The fraction of sp³-hybridized carbons (Fsp3) is 0.538. The second-order valence-corrected chi connectivity index (χ2v) is 4.56. The van der Waals surface area contributed by atoms with Crippen molar-refractivity contribution in [1.29, 1.82) is 0 Å². The van der Waals surface area contributed by atoms with Crippen LogP contribution in [0.1, 0.15) is 35.3 Å². The Balaban J connectivity index is 1.93. The lowest BCUT2D eigenvalue weighted by Crippen LogP contribution is -2.40. The van der Waals surface area contributed by atoms with Gasteiger partial charge in [0, 0.05) is 24.5 Å². The van der Waals surface area contributed by atoms with Gasteiger partial charge in [0.15, 0.2) is 0 Å². The molecule has 0 aromatic carbocycles. The average Bonchev–Trinajstić information content (AvgIpc) is 2.58. The van der Waals surface area contributed by atoms with E-state index in [2.05, 4.69) is 15.6 Å². The number of amides is 1. The number of carbonyl (C=O) groups is 1. The topological polar surface area (TPSA) is 54.0 Å². The average molecular weight is 233 g/mol. The highest BCUT2D eigenvalue weighted by Crippen LogP contribution is 2.06. The number of nitrogens with one attached hydrogen (secondary N) is 2. The molecule has 0 aliphatic carbocycles. The Morgan fingerprint density at radius 2 is 2.35 bits per heavy atom. The van der Waals surface area contributed by atoms with Crippen LogP contribution in [0.3, 0.4) is 0 Å². The summed E-state index contributed by atoms with van der Waals surface area (Å²) in [7, 11) is 0. The molecular weight excluding hydrogens is 214 g/mol. The van der Waals surface area contributed by atoms with Gasteiger partial charge in [-0.2, -0.15) is 0 Å². The molecule has 1 amide bonds. The summed E-state index contributed by atoms with van der Waals surface area (Å²) in [6.07, 6.45) is 5.05. The van der Waals surface area contributed by atoms with Gasteiger partial charge in [0.2, 0.25) is 0 Å². The molecule has 1 aliphatic heterocycles. The fourth-order valence-electron chi connectivity index (χ4n) is 2.01. The van der Waals surface area contributed by atoms with Crippen molar-refractivity contribution in [3.63, 3.8) is 0 Å². The van der Waals surface area contributed by atoms with Crippen LogP contribution in [0.5, 0.6) is 0 Å². The lowest BCUT2D eigenvalue weighted by molar-refractivity contribution is 0.0935. The normalized spacial score (nSPS) is 20.6. The Labute approximate surface area is 102 Å². The predicted molar refractivity (Wildman–Crippen MR) is 66.9 cm³/mol. The standard InChI is InChI=1S/C13H19N3O/c1-10-5-6-11(8-15-10)13(17)16-12-4-2-3-7-14-9-12/h5-6,8,12,14H,2-4,7,9H2,1H3,(H,16,17). The van der Waals surface area contributed by atoms with Crippen molar-refractivity contribution in [2.45, 2.75) is 32.2 Å². The molecule has 0 bridgehead atoms. The predicted octanol–water partition coefficient (Wildman–Crippen LogP) is 1.26. The first kappa shape index (κ1) is 12.0. The molecule has 0 saturated carbocycles. The SMILES string of the molecule is Cc1ccc(C(=O)NC2CCCCNC2)cn1. The van der Waals surface area contributed by atoms with Gasteiger partial charge < -0.3 is 10.6 Å². The summed E-state index contributed by atoms with van der Waals surface area (Å²) in [5.41, 5.74) is 1.57. The molecule has 4 nitrogen and oxygen atoms in total. The van der Waals surface area contributed by atoms with Crippen molar-refractivity contribution in [2.75, 3.05) is 13.1 Å². The molecule has 2 heterocycles. The van der Waals surface area contributed by atoms with Gasteiger partial charge >= 0.3 is 0 Å². The maximum Gasteiger partial charge on any atom is 0.253 e. The molecular formula is C13H19N3O. The molecule has 2 rings (SSSR count). The zero-order valence-corrected chi connectivity index (χ0v) is 10.2. The molecule has 1 aromatic rings. The Bertz CT molecular complexity index is 367. The molecule has 1 atom stereocenters. The maximum absolute atomic E-state index is 12.0. The Morgan fingerprint density at radius 1 is 1.47 bits per heavy atom. The van der Waals surface area contributed by atoms with Crippen LogP contribution in [0.15, 0.2) is 18.3 Å². The third-order valence-corrected chi connectivity index (χ3v) is 3.06. The summed E-state index contributed by atoms with van der Waals surface area (Å²) in [5, 5.41) is 6.39. The number of rotatable bonds is 2. The largest absolute Gasteiger partial charge is 0.348 e. The summed E-state index contributed by atoms with van der Waals surface area (Å²) < 4.78 is 0. The molecule has 1 aromatic heterocycles. The zero-order valence-electron chi connectivity index (χ0n) is 10.2. The van der Waals surface area contributed by atoms with E-state index >= 15 is 0 Å². The highest BCUT2D eigenvalue weighted by molar-refractivity contribution is 5.94. The van der Waals surface area contributed by atoms with Crippen molar-refractivity contribution in [1.82, 2.24) is 15.6 Å². The van der Waals surface area contributed by atoms with Gasteiger partial charge in [-0.25, -0.2) is 0 Å². The van der Waals surface area contributed by atoms with Crippen molar-refractivity contribution >= 4 is 5.91 Å². The maximum atomic E-state index is 12.0. The van der Waals surface area contributed by atoms with Crippen molar-refractivity contribution in [3.05, 3.63) is 29.6 Å². The summed E-state index contributed by atoms with van der Waals surface area (Å²) in [6.45, 7) is 3.83. The van der Waals surface area contributed by atoms with Gasteiger partial charge in [-0.3, -0.25) is 9.78 Å². The van der Waals surface area contributed by atoms with E-state index in [4.69, 9.17) is 0 Å². The molecule has 0 spiro atoms. The molecule has 2 N–H and O–H groups in total. The molecule has 92 valence electrons. The first-order valence-corrected chi connectivity index (χ1v) is 6.20. The second-order valence-electron chi connectivity index (χ2n) is 4.56. The first-order chi connectivity index (χ1) is 8.25. The number of hydrogen-bond donors (Lipinski definition) is 2. The summed E-state index contributed by atoms with van der Waals surface area (Å²) in [6, 6.07) is 3.92. The third-order valence-electron chi connectivity index (χ3n) is 3.06. The highest BCUT2D eigenvalue weighted by atomic mass is 16.1. The van der Waals surface area contributed by atoms with E-state index in [0.29, 0.717) is 5.56 Å². The minimum Gasteiger partial charge on any atom is -0.348 e. The fourth-order valence-corrected chi connectivity index (χ4v) is 2.01. The van der Waals surface area contributed by atoms with Crippen LogP contribution in [0.2, 0.25) is 0 Å². The van der Waals surface area contributed by atoms with Crippen molar-refractivity contribution in [2.24, 2.45) is 0 Å². The number of aromatic nitrogens is 1. The van der Waals surface area contributed by atoms with Crippen LogP contribution in [0.4, 0.5) is 0 Å². The van der Waals surface area contributed by atoms with Crippen LogP contribution in [-0.2, 0) is 0 Å². The van der Waals surface area contributed by atoms with E-state index < -0.39 is 0 Å². The minimum atomic E-state index is -0.0220. The van der Waals surface area contributed by atoms with E-state index in [1.807, 2.05) is 19.1 Å². The molecule has 4 heteroatoms. The van der Waals surface area contributed by atoms with Crippen LogP contribution in [0, 0.1) is 6.92 Å². The van der Waals surface area contributed by atoms with Gasteiger partial charge in [-0.15, -0.1) is 0 Å². The van der Waals surface area contributed by atoms with Gasteiger partial charge in [0.1, 0.15) is 0 Å². The van der Waals surface area contributed by atoms with E-state index in [-0.39, 0.29) is 11.9 Å². The van der Waals surface area contributed by atoms with Gasteiger partial charge in [0.05, 0.1) is 5.56 Å². The lowest BCUT2D eigenvalue weighted by atomic mass is 10.1. The Kier molecular flexibility index (Phi) is 4.09. The first-order valence-electron chi connectivity index (χ1n) is 6.20. The molecule has 1 saturated heterocycles. The van der Waals surface area contributed by atoms with Crippen LogP contribution in [-0.4, -0.2) is 30.0 Å². The van der Waals surface area contributed by atoms with E-state index in [9.17, 15) is 4.79 Å². The number of hydrogen-bond acceptors (Lipinski definition) is 3. The number of nitrogens with zero attached hydrogens (tertiary/aromatic N) is 1. The van der Waals surface area contributed by atoms with Gasteiger partial charge in [-0.05, 0) is 38.4 Å². The lowest BCUT2D eigenvalue weighted by Gasteiger charge is -2.16. The summed E-state index contributed by atoms with van der Waals surface area (Å²) in [5.74, 6) is -0.0220. The Hall–Kier alpha value is -1.42. The Morgan fingerprint density at radius 3 is 3.12 bits per heavy atom. The van der Waals surface area contributed by atoms with E-state index in [1.165, 1.54) is 12.8 Å². The molecule has 0 radical (unpaired) electrons. The second kappa shape index (κ2) is 5.77. The van der Waals surface area contributed by atoms with Crippen LogP contribution >= 0.6 is 0 Å². The number of aryl methyl sites for hydroxylation is 1. The van der Waals surface area contributed by atoms with Crippen LogP contribution in [0.25, 0.3) is 0 Å². The van der Waals surface area contributed by atoms with E-state index in [0.717, 1.165) is 25.2 Å². The number of pyridine rings is 1. The van der Waals surface area contributed by atoms with Crippen molar-refractivity contribution in [3.8, 4) is 0 Å². The van der Waals surface area contributed by atoms with Gasteiger partial charge in [-0.1, -0.05) is 6.42 Å². The summed E-state index contributed by atoms with van der Waals surface area (Å²) in [4.78, 5) is 16.1. The molecule has 1 fully saturated rings. The highest BCUT2D eigenvalue weighted by Gasteiger charge is 2.15. The van der Waals surface area contributed by atoms with Crippen molar-refractivity contribution < 1.29 is 4.79 Å². The third kappa shape index (κ3) is 3.53. The smallest absolute Gasteiger partial charge is 0.253 e. The minimum absolute atomic E-state index is 0.0220. The zero-order chi connectivity index (χ0) is 12.1. The summed E-state index contributed by atoms with van der Waals surface area (Å²) >= 11 is 0. The van der Waals surface area contributed by atoms with E-state index in [1.54, 1.807) is 6.20 Å². The quantitative estimate of drug-likeness (QED) is 0.808. The molecule has 17 heavy (non-hydrogen) atoms. The monoisotopic (exact) mass is 233 g/mol. The molecule has 1 unspecified atom stereocenters. The van der Waals surface area contributed by atoms with Gasteiger partial charge in [0.25, 0.3) is 5.91 Å². The molecule has 1 aliphatic rings. The number of carbonyl (C=O) groups excluding carboxylic acids is 1.